The minimum atomic E-state index is 0. The molecule has 0 aromatic carbocycles. The molecule has 0 aliphatic carbocycles. The van der Waals surface area contributed by atoms with E-state index in [0.717, 1.165) is 0 Å². The van der Waals surface area contributed by atoms with E-state index in [1.54, 1.807) is 0 Å². The van der Waals surface area contributed by atoms with Gasteiger partial charge in [0.05, 0.1) is 0 Å². The third-order valence-corrected chi connectivity index (χ3v) is 0. The third-order valence-electron chi connectivity index (χ3n) is 0. The molecule has 0 N–H and O–H groups in total. The normalized spacial score (nSPS) is 0. The van der Waals surface area contributed by atoms with Crippen molar-refractivity contribution in [2.24, 2.45) is 0 Å². The van der Waals surface area contributed by atoms with Crippen molar-refractivity contribution in [3.63, 3.8) is 0 Å². The maximum atomic E-state index is 0. The molecule has 7 heteroatoms. The summed E-state index contributed by atoms with van der Waals surface area (Å²) in [6.45, 7) is 0. The van der Waals surface area contributed by atoms with Gasteiger partial charge in [0, 0.05) is 21.1 Å². The molecule has 0 aromatic heterocycles. The third kappa shape index (κ3) is 33.0. The zero-order valence-electron chi connectivity index (χ0n) is 4.04. The van der Waals surface area contributed by atoms with Gasteiger partial charge in [-0.3, -0.25) is 0 Å². The second kappa shape index (κ2) is 39.8. The van der Waals surface area contributed by atoms with Crippen LogP contribution in [0.15, 0.2) is 0 Å². The molecule has 0 saturated carbocycles. The Morgan fingerprint density at radius 2 is 0.429 bits per heavy atom. The van der Waals surface area contributed by atoms with E-state index in [1.165, 1.54) is 0 Å². The Morgan fingerprint density at radius 1 is 0.429 bits per heavy atom. The quantitative estimate of drug-likeness (QED) is 0.297. The molecule has 0 saturated heterocycles. The molecule has 0 aliphatic heterocycles. The van der Waals surface area contributed by atoms with Crippen LogP contribution in [0, 0.1) is 0 Å². The van der Waals surface area contributed by atoms with Crippen LogP contribution in [-0.2, 0) is 75.0 Å². The van der Waals surface area contributed by atoms with E-state index in [2.05, 4.69) is 0 Å². The summed E-state index contributed by atoms with van der Waals surface area (Å²) in [6.07, 6.45) is 0. The van der Waals surface area contributed by atoms with E-state index in [1.807, 2.05) is 0 Å². The Labute approximate surface area is 205 Å². The first-order chi connectivity index (χ1) is 0. The molecule has 0 aromatic rings. The summed E-state index contributed by atoms with van der Waals surface area (Å²) in [4.78, 5) is 0. The van der Waals surface area contributed by atoms with Crippen molar-refractivity contribution in [1.29, 1.82) is 0 Å². The molecule has 0 amide bonds. The molecule has 0 nitrogen and oxygen atoms in total. The van der Waals surface area contributed by atoms with Gasteiger partial charge in [0.2, 0.25) is 0 Å². The van der Waals surface area contributed by atoms with Gasteiger partial charge in [-0.1, -0.05) is 0 Å². The van der Waals surface area contributed by atoms with E-state index in [-0.39, 0.29) is 213 Å². The molecular weight excluding hydrogens is 490 g/mol. The molecule has 0 fully saturated rings. The Kier molecular flexibility index (Phi) is 291. The first-order valence-electron chi connectivity index (χ1n) is 0. The van der Waals surface area contributed by atoms with Crippen LogP contribution in [0.1, 0.15) is 0 Å². The van der Waals surface area contributed by atoms with Crippen molar-refractivity contribution in [2.75, 3.05) is 0 Å². The Morgan fingerprint density at radius 3 is 0.429 bits per heavy atom. The summed E-state index contributed by atoms with van der Waals surface area (Å²) in [5, 5.41) is 0. The summed E-state index contributed by atoms with van der Waals surface area (Å²) in [5.41, 5.74) is 0. The van der Waals surface area contributed by atoms with Gasteiger partial charge in [0.15, 0.2) is 0 Å². The van der Waals surface area contributed by atoms with E-state index >= 15 is 0 Å². The number of hydrogen-bond donors (Lipinski definition) is 0. The molecule has 0 atom stereocenters. The van der Waals surface area contributed by atoms with E-state index in [4.69, 9.17) is 0 Å². The minimum Gasteiger partial charge on any atom is -2.00 e. The molecule has 0 aliphatic rings. The zero-order chi connectivity index (χ0) is 0. The summed E-state index contributed by atoms with van der Waals surface area (Å²) in [7, 11) is 0. The predicted molar refractivity (Wildman–Crippen MR) is 29.5 cm³/mol. The van der Waals surface area contributed by atoms with Crippen LogP contribution in [0.25, 0.3) is 0 Å². The largest absolute Gasteiger partial charge is 2.00 e. The molecule has 0 radical (unpaired) electrons. The molecule has 7 heavy (non-hydrogen) atoms. The topological polar surface area (TPSA) is 0 Å². The van der Waals surface area contributed by atoms with Crippen LogP contribution in [0.2, 0.25) is 0 Å². The van der Waals surface area contributed by atoms with Crippen LogP contribution in [-0.4, -0.2) is 0 Å². The van der Waals surface area contributed by atoms with Crippen LogP contribution >= 0.6 is 0 Å². The van der Waals surface area contributed by atoms with Gasteiger partial charge in [-0.15, -0.1) is 0 Å². The van der Waals surface area contributed by atoms with E-state index in [9.17, 15) is 0 Å². The van der Waals surface area contributed by atoms with Crippen LogP contribution in [0.4, 0.5) is 0 Å². The molecule has 0 heterocycles. The van der Waals surface area contributed by atoms with Gasteiger partial charge in [-0.05, 0) is 0 Å². The first-order valence-corrected chi connectivity index (χ1v) is 0. The molecule has 0 rings (SSSR count). The zero-order valence-corrected chi connectivity index (χ0v) is 21.9. The number of hydrogen-bond acceptors (Lipinski definition) is 0. The fourth-order valence-electron chi connectivity index (χ4n) is 0. The fourth-order valence-corrected chi connectivity index (χ4v) is 0. The second-order valence-corrected chi connectivity index (χ2v) is 0. The minimum absolute atomic E-state index is 0. The molecular formula is Cs2MoS4-6. The molecule has 0 unspecified atom stereocenters. The van der Waals surface area contributed by atoms with Gasteiger partial charge < -0.3 is 54.0 Å². The smallest absolute Gasteiger partial charge is 1.00 e. The van der Waals surface area contributed by atoms with E-state index < -0.39 is 0 Å². The predicted octanol–water partition coefficient (Wildman–Crippen LogP) is -6.00. The molecule has 0 spiro atoms. The summed E-state index contributed by atoms with van der Waals surface area (Å²) >= 11 is 0. The van der Waals surface area contributed by atoms with Gasteiger partial charge in [0.25, 0.3) is 0 Å². The van der Waals surface area contributed by atoms with E-state index in [0.29, 0.717) is 0 Å². The Bertz CT molecular complexity index is 9.65. The van der Waals surface area contributed by atoms with Crippen molar-refractivity contribution in [3.05, 3.63) is 0 Å². The van der Waals surface area contributed by atoms with Crippen molar-refractivity contribution < 1.29 is 159 Å². The van der Waals surface area contributed by atoms with Crippen molar-refractivity contribution in [3.8, 4) is 0 Å². The van der Waals surface area contributed by atoms with Crippen molar-refractivity contribution in [1.82, 2.24) is 0 Å². The summed E-state index contributed by atoms with van der Waals surface area (Å²) in [6, 6.07) is 0. The second-order valence-electron chi connectivity index (χ2n) is 0. The van der Waals surface area contributed by atoms with Gasteiger partial charge in [-0.25, -0.2) is 0 Å². The molecule has 0 bridgehead atoms. The van der Waals surface area contributed by atoms with Crippen LogP contribution in [0.3, 0.4) is 0 Å². The van der Waals surface area contributed by atoms with Crippen LogP contribution in [0.5, 0.6) is 0 Å². The first kappa shape index (κ1) is 51.1. The van der Waals surface area contributed by atoms with Gasteiger partial charge in [-0.2, -0.15) is 0 Å². The molecule has 38 valence electrons. The standard InChI is InChI=1S/2Cs.Mo.4S/q2*+1;;4*-2. The monoisotopic (exact) mass is 492 g/mol. The van der Waals surface area contributed by atoms with Crippen LogP contribution < -0.4 is 138 Å². The maximum absolute atomic E-state index is 0. The summed E-state index contributed by atoms with van der Waals surface area (Å²) in [5.74, 6) is 0. The van der Waals surface area contributed by atoms with Crippen molar-refractivity contribution >= 4 is 54.0 Å². The Hall–Kier alpha value is 6.19. The summed E-state index contributed by atoms with van der Waals surface area (Å²) < 4.78 is 0. The van der Waals surface area contributed by atoms with Gasteiger partial charge >= 0.3 is 138 Å². The SMILES string of the molecule is [Cs+].[Cs+].[Mo].[S-2].[S-2].[S-2].[S-2]. The fraction of sp³-hybridized carbons (Fsp3) is 0. The average molecular weight is 490 g/mol. The number of rotatable bonds is 0. The Balaban J connectivity index is 0. The van der Waals surface area contributed by atoms with Gasteiger partial charge in [0.1, 0.15) is 0 Å². The average Bonchev–Trinajstić information content (AvgIpc) is 0. The maximum Gasteiger partial charge on any atom is 1.00 e. The van der Waals surface area contributed by atoms with Crippen molar-refractivity contribution in [2.45, 2.75) is 0 Å².